The fraction of sp³-hybridized carbons (Fsp3) is 0.200. The number of amides is 1. The van der Waals surface area contributed by atoms with Gasteiger partial charge in [-0.25, -0.2) is 13.6 Å². The molecule has 1 aromatic carbocycles. The van der Waals surface area contributed by atoms with E-state index >= 15 is 0 Å². The molecule has 0 aliphatic carbocycles. The fourth-order valence-corrected chi connectivity index (χ4v) is 1.53. The van der Waals surface area contributed by atoms with Crippen LogP contribution in [0, 0.1) is 11.6 Å². The summed E-state index contributed by atoms with van der Waals surface area (Å²) in [6.45, 7) is -0.208. The van der Waals surface area contributed by atoms with Crippen molar-refractivity contribution in [2.24, 2.45) is 5.73 Å². The number of nitrogens with zero attached hydrogens (tertiary/aromatic N) is 3. The number of H-pyrrole nitrogens is 1. The van der Waals surface area contributed by atoms with Crippen molar-refractivity contribution in [3.05, 3.63) is 41.2 Å². The summed E-state index contributed by atoms with van der Waals surface area (Å²) in [5, 5.41) is 13.0. The molecule has 0 saturated carbocycles. The zero-order chi connectivity index (χ0) is 13.8. The average Bonchev–Trinajstić information content (AvgIpc) is 2.87. The van der Waals surface area contributed by atoms with E-state index in [9.17, 15) is 13.6 Å². The first-order chi connectivity index (χ1) is 9.08. The minimum absolute atomic E-state index is 0.173. The highest BCUT2D eigenvalue weighted by atomic mass is 19.2. The molecule has 1 heterocycles. The Hall–Kier alpha value is -2.58. The van der Waals surface area contributed by atoms with Crippen LogP contribution < -0.4 is 5.73 Å². The van der Waals surface area contributed by atoms with Crippen LogP contribution in [0.1, 0.15) is 17.3 Å². The molecule has 0 spiro atoms. The highest BCUT2D eigenvalue weighted by Crippen LogP contribution is 2.23. The van der Waals surface area contributed by atoms with Crippen molar-refractivity contribution in [3.8, 4) is 0 Å². The Morgan fingerprint density at radius 1 is 1.42 bits per heavy atom. The van der Waals surface area contributed by atoms with Crippen LogP contribution in [0.5, 0.6) is 0 Å². The van der Waals surface area contributed by atoms with Gasteiger partial charge < -0.3 is 10.5 Å². The van der Waals surface area contributed by atoms with Gasteiger partial charge in [-0.3, -0.25) is 0 Å². The molecule has 0 bridgehead atoms. The van der Waals surface area contributed by atoms with E-state index < -0.39 is 23.6 Å². The molecule has 0 aliphatic rings. The summed E-state index contributed by atoms with van der Waals surface area (Å²) in [7, 11) is 0. The molecule has 9 heteroatoms. The first-order valence-electron chi connectivity index (χ1n) is 5.18. The minimum atomic E-state index is -1.02. The normalized spacial score (nSPS) is 12.1. The number of tetrazole rings is 1. The molecule has 2 rings (SSSR count). The van der Waals surface area contributed by atoms with Gasteiger partial charge in [0.2, 0.25) is 0 Å². The molecule has 0 fully saturated rings. The van der Waals surface area contributed by atoms with Crippen molar-refractivity contribution in [3.63, 3.8) is 0 Å². The Balaban J connectivity index is 2.31. The van der Waals surface area contributed by atoms with Crippen LogP contribution in [0.25, 0.3) is 0 Å². The van der Waals surface area contributed by atoms with E-state index in [0.29, 0.717) is 5.56 Å². The first-order valence-corrected chi connectivity index (χ1v) is 5.18. The second kappa shape index (κ2) is 5.38. The zero-order valence-electron chi connectivity index (χ0n) is 9.51. The second-order valence-corrected chi connectivity index (χ2v) is 3.63. The summed E-state index contributed by atoms with van der Waals surface area (Å²) in [4.78, 5) is 10.6. The lowest BCUT2D eigenvalue weighted by Crippen LogP contribution is -2.19. The van der Waals surface area contributed by atoms with E-state index in [1.807, 2.05) is 0 Å². The lowest BCUT2D eigenvalue weighted by Gasteiger charge is -2.13. The SMILES string of the molecule is NC(=O)OCC(c1ccc(F)c(F)c1)c1nn[nH]n1. The van der Waals surface area contributed by atoms with Gasteiger partial charge in [-0.2, -0.15) is 5.21 Å². The van der Waals surface area contributed by atoms with E-state index in [0.717, 1.165) is 12.1 Å². The molecule has 2 aromatic rings. The quantitative estimate of drug-likeness (QED) is 0.849. The Morgan fingerprint density at radius 2 is 2.21 bits per heavy atom. The molecule has 1 unspecified atom stereocenters. The molecule has 1 amide bonds. The summed E-state index contributed by atoms with van der Waals surface area (Å²) in [5.41, 5.74) is 5.20. The monoisotopic (exact) mass is 269 g/mol. The number of aromatic nitrogens is 4. The number of aromatic amines is 1. The van der Waals surface area contributed by atoms with Gasteiger partial charge in [0.1, 0.15) is 6.61 Å². The molecule has 100 valence electrons. The van der Waals surface area contributed by atoms with Crippen molar-refractivity contribution in [1.29, 1.82) is 0 Å². The topological polar surface area (TPSA) is 107 Å². The standard InChI is InChI=1S/C10H9F2N5O2/c11-7-2-1-5(3-8(7)12)6(4-19-10(13)18)9-14-16-17-15-9/h1-3,6H,4H2,(H2,13,18)(H,14,15,16,17). The van der Waals surface area contributed by atoms with Gasteiger partial charge in [-0.1, -0.05) is 11.3 Å². The minimum Gasteiger partial charge on any atom is -0.449 e. The number of hydrogen-bond donors (Lipinski definition) is 2. The summed E-state index contributed by atoms with van der Waals surface area (Å²) < 4.78 is 30.8. The number of carbonyl (C=O) groups is 1. The maximum absolute atomic E-state index is 13.2. The summed E-state index contributed by atoms with van der Waals surface area (Å²) in [5.74, 6) is -2.52. The van der Waals surface area contributed by atoms with E-state index in [-0.39, 0.29) is 12.4 Å². The van der Waals surface area contributed by atoms with Crippen LogP contribution in [0.15, 0.2) is 18.2 Å². The summed E-state index contributed by atoms with van der Waals surface area (Å²) in [6.07, 6.45) is -0.990. The molecule has 1 aromatic heterocycles. The van der Waals surface area contributed by atoms with Crippen LogP contribution in [0.4, 0.5) is 13.6 Å². The van der Waals surface area contributed by atoms with Crippen molar-refractivity contribution in [2.45, 2.75) is 5.92 Å². The third kappa shape index (κ3) is 3.00. The van der Waals surface area contributed by atoms with Gasteiger partial charge in [-0.15, -0.1) is 10.2 Å². The Morgan fingerprint density at radius 3 is 2.79 bits per heavy atom. The number of carbonyl (C=O) groups excluding carboxylic acids is 1. The molecule has 19 heavy (non-hydrogen) atoms. The van der Waals surface area contributed by atoms with E-state index in [2.05, 4.69) is 25.4 Å². The molecular weight excluding hydrogens is 260 g/mol. The summed E-state index contributed by atoms with van der Waals surface area (Å²) >= 11 is 0. The number of benzene rings is 1. The van der Waals surface area contributed by atoms with Gasteiger partial charge in [-0.05, 0) is 17.7 Å². The van der Waals surface area contributed by atoms with Crippen molar-refractivity contribution >= 4 is 6.09 Å². The van der Waals surface area contributed by atoms with E-state index in [4.69, 9.17) is 5.73 Å². The first kappa shape index (κ1) is 12.9. The van der Waals surface area contributed by atoms with Crippen molar-refractivity contribution in [2.75, 3.05) is 6.61 Å². The van der Waals surface area contributed by atoms with Gasteiger partial charge in [0.25, 0.3) is 0 Å². The third-order valence-electron chi connectivity index (χ3n) is 2.41. The Kier molecular flexibility index (Phi) is 3.64. The van der Waals surface area contributed by atoms with Crippen molar-refractivity contribution < 1.29 is 18.3 Å². The zero-order valence-corrected chi connectivity index (χ0v) is 9.51. The number of rotatable bonds is 4. The number of primary amides is 1. The largest absolute Gasteiger partial charge is 0.449 e. The van der Waals surface area contributed by atoms with Crippen LogP contribution >= 0.6 is 0 Å². The lowest BCUT2D eigenvalue weighted by atomic mass is 9.99. The number of nitrogens with two attached hydrogens (primary N) is 1. The highest BCUT2D eigenvalue weighted by molar-refractivity contribution is 5.64. The molecule has 0 radical (unpaired) electrons. The molecular formula is C10H9F2N5O2. The maximum Gasteiger partial charge on any atom is 0.404 e. The molecule has 0 aliphatic heterocycles. The second-order valence-electron chi connectivity index (χ2n) is 3.63. The molecule has 1 atom stereocenters. The number of nitrogens with one attached hydrogen (secondary N) is 1. The number of halogens is 2. The third-order valence-corrected chi connectivity index (χ3v) is 2.41. The van der Waals surface area contributed by atoms with Gasteiger partial charge in [0.15, 0.2) is 17.5 Å². The maximum atomic E-state index is 13.2. The van der Waals surface area contributed by atoms with Crippen LogP contribution in [0.3, 0.4) is 0 Å². The smallest absolute Gasteiger partial charge is 0.404 e. The predicted molar refractivity (Wildman–Crippen MR) is 57.9 cm³/mol. The molecule has 0 saturated heterocycles. The van der Waals surface area contributed by atoms with Gasteiger partial charge in [0, 0.05) is 0 Å². The summed E-state index contributed by atoms with van der Waals surface area (Å²) in [6, 6.07) is 3.27. The Labute approximate surface area is 105 Å². The van der Waals surface area contributed by atoms with Crippen LogP contribution in [0.2, 0.25) is 0 Å². The predicted octanol–water partition coefficient (Wildman–Crippen LogP) is 0.705. The van der Waals surface area contributed by atoms with Gasteiger partial charge in [0.05, 0.1) is 5.92 Å². The fourth-order valence-electron chi connectivity index (χ4n) is 1.53. The van der Waals surface area contributed by atoms with Crippen LogP contribution in [-0.4, -0.2) is 33.3 Å². The number of ether oxygens (including phenoxy) is 1. The van der Waals surface area contributed by atoms with E-state index in [1.54, 1.807) is 0 Å². The number of hydrogen-bond acceptors (Lipinski definition) is 5. The average molecular weight is 269 g/mol. The van der Waals surface area contributed by atoms with Crippen molar-refractivity contribution in [1.82, 2.24) is 20.6 Å². The molecule has 7 nitrogen and oxygen atoms in total. The highest BCUT2D eigenvalue weighted by Gasteiger charge is 2.21. The van der Waals surface area contributed by atoms with Crippen LogP contribution in [-0.2, 0) is 4.74 Å². The lowest BCUT2D eigenvalue weighted by molar-refractivity contribution is 0.152. The van der Waals surface area contributed by atoms with Gasteiger partial charge >= 0.3 is 6.09 Å². The van der Waals surface area contributed by atoms with E-state index in [1.165, 1.54) is 6.07 Å². The Bertz CT molecular complexity index is 575. The molecule has 3 N–H and O–H groups in total.